The maximum absolute atomic E-state index is 12.3. The van der Waals surface area contributed by atoms with Crippen molar-refractivity contribution >= 4 is 34.4 Å². The van der Waals surface area contributed by atoms with Crippen LogP contribution in [0.3, 0.4) is 0 Å². The fourth-order valence-corrected chi connectivity index (χ4v) is 4.28. The lowest BCUT2D eigenvalue weighted by atomic mass is 10.0. The molecule has 2 aromatic carbocycles. The van der Waals surface area contributed by atoms with E-state index in [1.807, 2.05) is 23.1 Å². The summed E-state index contributed by atoms with van der Waals surface area (Å²) in [5.74, 6) is -2.73. The highest BCUT2D eigenvalue weighted by Crippen LogP contribution is 2.31. The van der Waals surface area contributed by atoms with Gasteiger partial charge in [-0.3, -0.25) is 19.4 Å². The molecule has 1 fully saturated rings. The van der Waals surface area contributed by atoms with Crippen LogP contribution in [0.5, 0.6) is 0 Å². The van der Waals surface area contributed by atoms with E-state index in [2.05, 4.69) is 27.3 Å². The molecule has 176 valence electrons. The van der Waals surface area contributed by atoms with Gasteiger partial charge in [0.25, 0.3) is 0 Å². The molecular formula is C25H26N4O5. The minimum absolute atomic E-state index is 0.449. The highest BCUT2D eigenvalue weighted by atomic mass is 16.4. The molecule has 0 aliphatic carbocycles. The number of carboxylic acids is 2. The molecule has 34 heavy (non-hydrogen) atoms. The van der Waals surface area contributed by atoms with Crippen molar-refractivity contribution in [2.45, 2.75) is 12.6 Å². The number of aromatic nitrogens is 1. The molecule has 9 heteroatoms. The lowest BCUT2D eigenvalue weighted by Gasteiger charge is -2.37. The van der Waals surface area contributed by atoms with E-state index in [-0.39, 0.29) is 0 Å². The second kappa shape index (κ2) is 10.3. The summed E-state index contributed by atoms with van der Waals surface area (Å²) in [5, 5.41) is 22.1. The molecule has 1 aromatic heterocycles. The number of amides is 1. The second-order valence-corrected chi connectivity index (χ2v) is 8.20. The molecule has 1 aliphatic heterocycles. The van der Waals surface area contributed by atoms with Gasteiger partial charge in [-0.05, 0) is 23.8 Å². The average molecular weight is 463 g/mol. The maximum atomic E-state index is 12.3. The lowest BCUT2D eigenvalue weighted by molar-refractivity contribution is -0.144. The van der Waals surface area contributed by atoms with Gasteiger partial charge >= 0.3 is 11.9 Å². The summed E-state index contributed by atoms with van der Waals surface area (Å²) >= 11 is 0. The van der Waals surface area contributed by atoms with Crippen LogP contribution in [0, 0.1) is 0 Å². The zero-order chi connectivity index (χ0) is 24.1. The number of hydrogen-bond donors (Lipinski definition) is 4. The van der Waals surface area contributed by atoms with E-state index >= 15 is 0 Å². The van der Waals surface area contributed by atoms with Crippen LogP contribution in [0.1, 0.15) is 17.2 Å². The minimum Gasteiger partial charge on any atom is -0.480 e. The Hall–Kier alpha value is -3.95. The lowest BCUT2D eigenvalue weighted by Crippen LogP contribution is -2.48. The first-order valence-electron chi connectivity index (χ1n) is 11.0. The van der Waals surface area contributed by atoms with Crippen LogP contribution in [0.15, 0.2) is 66.9 Å². The molecule has 1 aliphatic rings. The van der Waals surface area contributed by atoms with Gasteiger partial charge in [0, 0.05) is 73.2 Å². The van der Waals surface area contributed by atoms with Gasteiger partial charge in [0.05, 0.1) is 0 Å². The second-order valence-electron chi connectivity index (χ2n) is 8.20. The molecule has 3 aromatic rings. The first kappa shape index (κ1) is 23.2. The van der Waals surface area contributed by atoms with E-state index in [1.54, 1.807) is 24.4 Å². The van der Waals surface area contributed by atoms with Crippen molar-refractivity contribution < 1.29 is 24.6 Å². The number of aromatic amines is 1. The Morgan fingerprint density at radius 2 is 1.74 bits per heavy atom. The van der Waals surface area contributed by atoms with Crippen LogP contribution in [0.4, 0.5) is 5.69 Å². The monoisotopic (exact) mass is 462 g/mol. The third kappa shape index (κ3) is 5.51. The summed E-state index contributed by atoms with van der Waals surface area (Å²) in [6.45, 7) is 3.59. The van der Waals surface area contributed by atoms with Crippen molar-refractivity contribution in [3.63, 3.8) is 0 Å². The van der Waals surface area contributed by atoms with Crippen LogP contribution >= 0.6 is 0 Å². The first-order chi connectivity index (χ1) is 16.4. The zero-order valence-corrected chi connectivity index (χ0v) is 18.5. The normalized spacial score (nSPS) is 16.0. The van der Waals surface area contributed by atoms with E-state index < -0.39 is 23.9 Å². The largest absolute Gasteiger partial charge is 0.480 e. The first-order valence-corrected chi connectivity index (χ1v) is 11.0. The molecule has 0 bridgehead atoms. The maximum Gasteiger partial charge on any atom is 0.328 e. The van der Waals surface area contributed by atoms with Crippen molar-refractivity contribution in [3.05, 3.63) is 78.0 Å². The fourth-order valence-electron chi connectivity index (χ4n) is 4.28. The number of aliphatic carboxylic acids is 2. The fraction of sp³-hybridized carbons (Fsp3) is 0.240. The Morgan fingerprint density at radius 1 is 1.00 bits per heavy atom. The Labute approximate surface area is 196 Å². The van der Waals surface area contributed by atoms with Gasteiger partial charge in [-0.15, -0.1) is 0 Å². The number of anilines is 1. The van der Waals surface area contributed by atoms with Gasteiger partial charge in [0.15, 0.2) is 0 Å². The SMILES string of the molecule is O=C(O)C=CC(=O)Nc1ccc2[nH]cc(C(C(=O)O)N3CCN(Cc4ccccc4)CC3)c2c1. The highest BCUT2D eigenvalue weighted by Gasteiger charge is 2.32. The van der Waals surface area contributed by atoms with E-state index in [0.717, 1.165) is 37.3 Å². The van der Waals surface area contributed by atoms with Gasteiger partial charge < -0.3 is 20.5 Å². The van der Waals surface area contributed by atoms with Crippen molar-refractivity contribution in [2.24, 2.45) is 0 Å². The van der Waals surface area contributed by atoms with Gasteiger partial charge in [0.2, 0.25) is 5.91 Å². The van der Waals surface area contributed by atoms with Crippen molar-refractivity contribution in [1.29, 1.82) is 0 Å². The molecule has 0 saturated carbocycles. The van der Waals surface area contributed by atoms with Crippen LogP contribution in [0.25, 0.3) is 10.9 Å². The zero-order valence-electron chi connectivity index (χ0n) is 18.5. The number of carboxylic acid groups (broad SMARTS) is 2. The number of piperazine rings is 1. The summed E-state index contributed by atoms with van der Waals surface area (Å²) in [5.41, 5.74) is 3.06. The van der Waals surface area contributed by atoms with Crippen molar-refractivity contribution in [2.75, 3.05) is 31.5 Å². The topological polar surface area (TPSA) is 126 Å². The number of rotatable bonds is 8. The molecule has 1 saturated heterocycles. The molecule has 2 heterocycles. The predicted molar refractivity (Wildman–Crippen MR) is 127 cm³/mol. The molecule has 0 spiro atoms. The molecule has 4 N–H and O–H groups in total. The van der Waals surface area contributed by atoms with Crippen LogP contribution in [0.2, 0.25) is 0 Å². The number of H-pyrrole nitrogens is 1. The number of benzene rings is 2. The van der Waals surface area contributed by atoms with Gasteiger partial charge in [-0.2, -0.15) is 0 Å². The number of carbonyl (C=O) groups excluding carboxylic acids is 1. The molecule has 4 rings (SSSR count). The predicted octanol–water partition coefficient (Wildman–Crippen LogP) is 2.69. The Bertz CT molecular complexity index is 1210. The molecule has 1 atom stereocenters. The van der Waals surface area contributed by atoms with Crippen molar-refractivity contribution in [3.8, 4) is 0 Å². The van der Waals surface area contributed by atoms with Gasteiger partial charge in [-0.1, -0.05) is 30.3 Å². The van der Waals surface area contributed by atoms with Crippen LogP contribution in [-0.2, 0) is 20.9 Å². The molecule has 9 nitrogen and oxygen atoms in total. The van der Waals surface area contributed by atoms with Crippen LogP contribution in [-0.4, -0.2) is 69.0 Å². The number of nitrogens with zero attached hydrogens (tertiary/aromatic N) is 2. The van der Waals surface area contributed by atoms with Crippen molar-refractivity contribution in [1.82, 2.24) is 14.8 Å². The molecule has 1 amide bonds. The molecule has 0 radical (unpaired) electrons. The summed E-state index contributed by atoms with van der Waals surface area (Å²) in [4.78, 5) is 42.3. The molecular weight excluding hydrogens is 436 g/mol. The number of nitrogens with one attached hydrogen (secondary N) is 2. The summed E-state index contributed by atoms with van der Waals surface area (Å²) < 4.78 is 0. The van der Waals surface area contributed by atoms with E-state index in [1.165, 1.54) is 5.56 Å². The summed E-state index contributed by atoms with van der Waals surface area (Å²) in [6, 6.07) is 14.5. The highest BCUT2D eigenvalue weighted by molar-refractivity contribution is 6.03. The third-order valence-corrected chi connectivity index (χ3v) is 5.91. The van der Waals surface area contributed by atoms with Crippen LogP contribution < -0.4 is 5.32 Å². The number of hydrogen-bond acceptors (Lipinski definition) is 5. The van der Waals surface area contributed by atoms with Gasteiger partial charge in [-0.25, -0.2) is 4.79 Å². The quantitative estimate of drug-likeness (QED) is 0.379. The number of fused-ring (bicyclic) bond motifs is 1. The molecule has 1 unspecified atom stereocenters. The Kier molecular flexibility index (Phi) is 7.05. The Balaban J connectivity index is 1.50. The smallest absolute Gasteiger partial charge is 0.328 e. The van der Waals surface area contributed by atoms with E-state index in [0.29, 0.717) is 29.7 Å². The van der Waals surface area contributed by atoms with Gasteiger partial charge in [0.1, 0.15) is 6.04 Å². The van der Waals surface area contributed by atoms with E-state index in [4.69, 9.17) is 5.11 Å². The Morgan fingerprint density at radius 3 is 2.41 bits per heavy atom. The summed E-state index contributed by atoms with van der Waals surface area (Å²) in [7, 11) is 0. The summed E-state index contributed by atoms with van der Waals surface area (Å²) in [6.07, 6.45) is 3.39. The van der Waals surface area contributed by atoms with E-state index in [9.17, 15) is 19.5 Å². The standard InChI is InChI=1S/C25H26N4O5/c30-22(8-9-23(31)32)27-18-6-7-21-19(14-18)20(15-26-21)24(25(33)34)29-12-10-28(11-13-29)16-17-4-2-1-3-5-17/h1-9,14-15,24,26H,10-13,16H2,(H,27,30)(H,31,32)(H,33,34). The average Bonchev–Trinajstić information content (AvgIpc) is 3.22. The number of carbonyl (C=O) groups is 3. The third-order valence-electron chi connectivity index (χ3n) is 5.91. The minimum atomic E-state index is -1.22.